The van der Waals surface area contributed by atoms with Crippen LogP contribution in [0.15, 0.2) is 10.6 Å². The first-order valence-electron chi connectivity index (χ1n) is 5.07. The fourth-order valence-corrected chi connectivity index (χ4v) is 2.10. The molecule has 0 saturated carbocycles. The van der Waals surface area contributed by atoms with Crippen LogP contribution in [0.1, 0.15) is 25.7 Å². The number of hydrogen-bond donors (Lipinski definition) is 1. The third kappa shape index (κ3) is 3.77. The van der Waals surface area contributed by atoms with Crippen LogP contribution in [0.5, 0.6) is 0 Å². The van der Waals surface area contributed by atoms with Crippen molar-refractivity contribution in [2.45, 2.75) is 31.7 Å². The molecule has 82 valence electrons. The Morgan fingerprint density at radius 2 is 2.21 bits per heavy atom. The lowest BCUT2D eigenvalue weighted by molar-refractivity contribution is 0.135. The predicted molar refractivity (Wildman–Crippen MR) is 60.7 cm³/mol. The van der Waals surface area contributed by atoms with Gasteiger partial charge >= 0.3 is 0 Å². The molecule has 0 aromatic carbocycles. The smallest absolute Gasteiger partial charge is 0.0587 e. The SMILES string of the molecule is OCC1CCCCCN1CC(Cl)=CCl. The second-order valence-electron chi connectivity index (χ2n) is 3.71. The molecule has 0 bridgehead atoms. The van der Waals surface area contributed by atoms with Gasteiger partial charge in [0.2, 0.25) is 0 Å². The van der Waals surface area contributed by atoms with Gasteiger partial charge in [0, 0.05) is 23.2 Å². The molecule has 4 heteroatoms. The summed E-state index contributed by atoms with van der Waals surface area (Å²) >= 11 is 11.4. The van der Waals surface area contributed by atoms with Gasteiger partial charge in [-0.25, -0.2) is 0 Å². The summed E-state index contributed by atoms with van der Waals surface area (Å²) in [6, 6.07) is 0.253. The van der Waals surface area contributed by atoms with Gasteiger partial charge < -0.3 is 5.11 Å². The molecule has 1 atom stereocenters. The lowest BCUT2D eigenvalue weighted by atomic mass is 10.1. The quantitative estimate of drug-likeness (QED) is 0.816. The van der Waals surface area contributed by atoms with E-state index < -0.39 is 0 Å². The highest BCUT2D eigenvalue weighted by Gasteiger charge is 2.20. The van der Waals surface area contributed by atoms with Crippen molar-refractivity contribution < 1.29 is 5.11 Å². The summed E-state index contributed by atoms with van der Waals surface area (Å²) in [5, 5.41) is 9.88. The number of rotatable bonds is 3. The zero-order valence-corrected chi connectivity index (χ0v) is 9.77. The topological polar surface area (TPSA) is 23.5 Å². The van der Waals surface area contributed by atoms with Crippen molar-refractivity contribution in [1.82, 2.24) is 4.90 Å². The number of hydrogen-bond acceptors (Lipinski definition) is 2. The highest BCUT2D eigenvalue weighted by molar-refractivity contribution is 6.36. The number of aliphatic hydroxyl groups excluding tert-OH is 1. The molecule has 1 unspecified atom stereocenters. The van der Waals surface area contributed by atoms with E-state index in [1.54, 1.807) is 0 Å². The summed E-state index contributed by atoms with van der Waals surface area (Å²) in [4.78, 5) is 2.22. The molecule has 14 heavy (non-hydrogen) atoms. The van der Waals surface area contributed by atoms with Crippen molar-refractivity contribution in [3.05, 3.63) is 10.6 Å². The van der Waals surface area contributed by atoms with E-state index in [0.29, 0.717) is 11.6 Å². The zero-order chi connectivity index (χ0) is 10.4. The largest absolute Gasteiger partial charge is 0.395 e. The molecule has 2 nitrogen and oxygen atoms in total. The van der Waals surface area contributed by atoms with Crippen LogP contribution >= 0.6 is 23.2 Å². The highest BCUT2D eigenvalue weighted by atomic mass is 35.5. The van der Waals surface area contributed by atoms with Crippen LogP contribution in [-0.2, 0) is 0 Å². The van der Waals surface area contributed by atoms with Gasteiger partial charge in [-0.1, -0.05) is 36.0 Å². The molecule has 1 fully saturated rings. The lowest BCUT2D eigenvalue weighted by Crippen LogP contribution is -2.38. The Bertz CT molecular complexity index is 197. The molecule has 0 aromatic heterocycles. The third-order valence-corrected chi connectivity index (χ3v) is 3.29. The molecular weight excluding hydrogens is 221 g/mol. The average molecular weight is 238 g/mol. The summed E-state index contributed by atoms with van der Waals surface area (Å²) in [6.45, 7) is 1.88. The van der Waals surface area contributed by atoms with Crippen molar-refractivity contribution in [3.8, 4) is 0 Å². The second-order valence-corrected chi connectivity index (χ2v) is 4.42. The Labute approximate surface area is 95.5 Å². The maximum atomic E-state index is 9.23. The van der Waals surface area contributed by atoms with E-state index in [1.807, 2.05) is 0 Å². The van der Waals surface area contributed by atoms with Crippen molar-refractivity contribution >= 4 is 23.2 Å². The van der Waals surface area contributed by atoms with Crippen LogP contribution in [0, 0.1) is 0 Å². The Hall–Kier alpha value is 0.240. The third-order valence-electron chi connectivity index (χ3n) is 2.68. The van der Waals surface area contributed by atoms with E-state index in [-0.39, 0.29) is 12.6 Å². The summed E-state index contributed by atoms with van der Waals surface area (Å²) < 4.78 is 0. The summed E-state index contributed by atoms with van der Waals surface area (Å²) in [5.41, 5.74) is 1.40. The standard InChI is InChI=1S/C10H17Cl2NO/c11-6-9(12)7-13-5-3-1-2-4-10(13)8-14/h6,10,14H,1-5,7-8H2. The van der Waals surface area contributed by atoms with E-state index in [1.165, 1.54) is 24.8 Å². The molecule has 0 aliphatic carbocycles. The van der Waals surface area contributed by atoms with Gasteiger partial charge in [0.1, 0.15) is 0 Å². The Balaban J connectivity index is 2.52. The Morgan fingerprint density at radius 3 is 2.86 bits per heavy atom. The number of nitrogens with zero attached hydrogens (tertiary/aromatic N) is 1. The molecule has 1 aliphatic heterocycles. The summed E-state index contributed by atoms with van der Waals surface area (Å²) in [7, 11) is 0. The zero-order valence-electron chi connectivity index (χ0n) is 8.25. The maximum Gasteiger partial charge on any atom is 0.0587 e. The van der Waals surface area contributed by atoms with Crippen molar-refractivity contribution in [2.75, 3.05) is 19.7 Å². The molecule has 1 saturated heterocycles. The van der Waals surface area contributed by atoms with Crippen LogP contribution in [0.3, 0.4) is 0 Å². The average Bonchev–Trinajstić information content (AvgIpc) is 2.42. The first-order chi connectivity index (χ1) is 6.77. The Kier molecular flexibility index (Phi) is 5.87. The molecule has 1 rings (SSSR count). The second kappa shape index (κ2) is 6.67. The van der Waals surface area contributed by atoms with Crippen LogP contribution < -0.4 is 0 Å². The van der Waals surface area contributed by atoms with Gasteiger partial charge in [-0.05, 0) is 19.4 Å². The molecule has 0 radical (unpaired) electrons. The first-order valence-corrected chi connectivity index (χ1v) is 5.89. The van der Waals surface area contributed by atoms with Crippen LogP contribution in [0.2, 0.25) is 0 Å². The van der Waals surface area contributed by atoms with Crippen molar-refractivity contribution in [3.63, 3.8) is 0 Å². The van der Waals surface area contributed by atoms with E-state index in [2.05, 4.69) is 4.90 Å². The Morgan fingerprint density at radius 1 is 1.43 bits per heavy atom. The van der Waals surface area contributed by atoms with Crippen LogP contribution in [0.4, 0.5) is 0 Å². The van der Waals surface area contributed by atoms with Gasteiger partial charge in [0.05, 0.1) is 6.61 Å². The predicted octanol–water partition coefficient (Wildman–Crippen LogP) is 2.54. The monoisotopic (exact) mass is 237 g/mol. The number of aliphatic hydroxyl groups is 1. The molecule has 1 aliphatic rings. The molecule has 0 amide bonds. The van der Waals surface area contributed by atoms with Crippen molar-refractivity contribution in [1.29, 1.82) is 0 Å². The van der Waals surface area contributed by atoms with E-state index in [9.17, 15) is 5.11 Å². The molecular formula is C10H17Cl2NO. The number of halogens is 2. The first kappa shape index (κ1) is 12.3. The van der Waals surface area contributed by atoms with Crippen molar-refractivity contribution in [2.24, 2.45) is 0 Å². The summed E-state index contributed by atoms with van der Waals surface area (Å²) in [5.74, 6) is 0. The van der Waals surface area contributed by atoms with E-state index in [4.69, 9.17) is 23.2 Å². The van der Waals surface area contributed by atoms with Crippen LogP contribution in [-0.4, -0.2) is 35.7 Å². The van der Waals surface area contributed by atoms with Gasteiger partial charge in [0.25, 0.3) is 0 Å². The molecule has 0 spiro atoms. The van der Waals surface area contributed by atoms with Gasteiger partial charge in [-0.3, -0.25) is 4.90 Å². The van der Waals surface area contributed by atoms with Gasteiger partial charge in [-0.15, -0.1) is 0 Å². The van der Waals surface area contributed by atoms with Crippen LogP contribution in [0.25, 0.3) is 0 Å². The normalized spacial score (nSPS) is 26.2. The molecule has 0 aromatic rings. The van der Waals surface area contributed by atoms with Gasteiger partial charge in [-0.2, -0.15) is 0 Å². The lowest BCUT2D eigenvalue weighted by Gasteiger charge is -2.27. The maximum absolute atomic E-state index is 9.23. The minimum Gasteiger partial charge on any atom is -0.395 e. The van der Waals surface area contributed by atoms with Gasteiger partial charge in [0.15, 0.2) is 0 Å². The minimum atomic E-state index is 0.215. The fourth-order valence-electron chi connectivity index (χ4n) is 1.88. The highest BCUT2D eigenvalue weighted by Crippen LogP contribution is 2.18. The minimum absolute atomic E-state index is 0.215. The van der Waals surface area contributed by atoms with E-state index in [0.717, 1.165) is 13.0 Å². The fraction of sp³-hybridized carbons (Fsp3) is 0.800. The summed E-state index contributed by atoms with van der Waals surface area (Å²) in [6.07, 6.45) is 4.69. The van der Waals surface area contributed by atoms with E-state index >= 15 is 0 Å². The molecule has 1 N–H and O–H groups in total. The molecule has 1 heterocycles. The number of likely N-dealkylation sites (tertiary alicyclic amines) is 1.